The number of hydrogen-bond acceptors (Lipinski definition) is 4. The van der Waals surface area contributed by atoms with E-state index in [1.165, 1.54) is 0 Å². The number of fused-ring (bicyclic) bond motifs is 1. The van der Waals surface area contributed by atoms with Crippen molar-refractivity contribution in [2.24, 2.45) is 5.73 Å². The summed E-state index contributed by atoms with van der Waals surface area (Å²) in [4.78, 5) is 13.5. The lowest BCUT2D eigenvalue weighted by molar-refractivity contribution is -0.148. The largest absolute Gasteiger partial charge is 0.451 e. The van der Waals surface area contributed by atoms with E-state index < -0.39 is 71.4 Å². The van der Waals surface area contributed by atoms with Gasteiger partial charge in [-0.15, -0.1) is 10.2 Å². The Balaban J connectivity index is 1.68. The first-order valence-corrected chi connectivity index (χ1v) is 8.44. The van der Waals surface area contributed by atoms with Crippen molar-refractivity contribution in [2.75, 3.05) is 6.54 Å². The van der Waals surface area contributed by atoms with E-state index >= 15 is 0 Å². The third kappa shape index (κ3) is 3.95. The van der Waals surface area contributed by atoms with Crippen molar-refractivity contribution < 1.29 is 39.9 Å². The molecule has 164 valence electrons. The van der Waals surface area contributed by atoms with E-state index in [1.807, 2.05) is 0 Å². The predicted octanol–water partition coefficient (Wildman–Crippen LogP) is 2.29. The van der Waals surface area contributed by atoms with Gasteiger partial charge in [-0.05, 0) is 6.42 Å². The van der Waals surface area contributed by atoms with E-state index in [4.69, 9.17) is 5.73 Å². The number of carbonyl (C=O) groups is 1. The molecule has 0 bridgehead atoms. The Labute approximate surface area is 163 Å². The molecule has 0 radical (unpaired) electrons. The quantitative estimate of drug-likeness (QED) is 0.447. The SMILES string of the molecule is N[C@@H](CC(=O)N1CCn2c(nnc2C(F)(F)F)C1)Cc1c(F)c(F)c(F)c(F)c1F. The van der Waals surface area contributed by atoms with Crippen LogP contribution in [0.1, 0.15) is 23.6 Å². The summed E-state index contributed by atoms with van der Waals surface area (Å²) >= 11 is 0. The number of alkyl halides is 3. The molecule has 1 amide bonds. The highest BCUT2D eigenvalue weighted by Crippen LogP contribution is 2.29. The summed E-state index contributed by atoms with van der Waals surface area (Å²) in [6, 6.07) is -1.31. The van der Waals surface area contributed by atoms with Crippen LogP contribution in [0.4, 0.5) is 35.1 Å². The number of rotatable bonds is 4. The number of aromatic nitrogens is 3. The van der Waals surface area contributed by atoms with E-state index in [0.717, 1.165) is 9.47 Å². The van der Waals surface area contributed by atoms with Crippen LogP contribution in [0.25, 0.3) is 0 Å². The van der Waals surface area contributed by atoms with Gasteiger partial charge >= 0.3 is 6.18 Å². The molecule has 0 fully saturated rings. The highest BCUT2D eigenvalue weighted by Gasteiger charge is 2.40. The number of carbonyl (C=O) groups excluding carboxylic acids is 1. The molecule has 1 aromatic carbocycles. The normalized spacial score (nSPS) is 15.3. The van der Waals surface area contributed by atoms with Crippen LogP contribution in [0.3, 0.4) is 0 Å². The zero-order valence-electron chi connectivity index (χ0n) is 14.9. The van der Waals surface area contributed by atoms with Crippen LogP contribution >= 0.6 is 0 Å². The highest BCUT2D eigenvalue weighted by atomic mass is 19.4. The average molecular weight is 443 g/mol. The standard InChI is InChI=1S/C16H13F8N5O/c17-10-7(11(18)13(20)14(21)12(10)19)3-6(25)4-9(30)28-1-2-29-8(5-28)26-27-15(29)16(22,23)24/h6H,1-5,25H2/t6-/m1/s1. The van der Waals surface area contributed by atoms with Crippen LogP contribution in [0, 0.1) is 29.1 Å². The minimum atomic E-state index is -4.71. The molecule has 0 unspecified atom stereocenters. The van der Waals surface area contributed by atoms with E-state index in [0.29, 0.717) is 0 Å². The van der Waals surface area contributed by atoms with Crippen molar-refractivity contribution in [1.29, 1.82) is 0 Å². The maximum absolute atomic E-state index is 13.7. The summed E-state index contributed by atoms with van der Waals surface area (Å²) in [6.07, 6.45) is -6.08. The topological polar surface area (TPSA) is 77.0 Å². The van der Waals surface area contributed by atoms with E-state index in [9.17, 15) is 39.9 Å². The van der Waals surface area contributed by atoms with Crippen LogP contribution in [0.15, 0.2) is 0 Å². The molecule has 1 atom stereocenters. The summed E-state index contributed by atoms with van der Waals surface area (Å²) in [5, 5.41) is 6.47. The van der Waals surface area contributed by atoms with Gasteiger partial charge in [0.1, 0.15) is 0 Å². The Bertz CT molecular complexity index is 960. The van der Waals surface area contributed by atoms with Gasteiger partial charge in [-0.3, -0.25) is 4.79 Å². The molecule has 2 aromatic rings. The van der Waals surface area contributed by atoms with Crippen molar-refractivity contribution in [1.82, 2.24) is 19.7 Å². The molecule has 0 saturated carbocycles. The second-order valence-corrected chi connectivity index (χ2v) is 6.62. The van der Waals surface area contributed by atoms with E-state index in [2.05, 4.69) is 10.2 Å². The summed E-state index contributed by atoms with van der Waals surface area (Å²) in [7, 11) is 0. The first-order valence-electron chi connectivity index (χ1n) is 8.44. The van der Waals surface area contributed by atoms with Gasteiger partial charge < -0.3 is 15.2 Å². The smallest absolute Gasteiger partial charge is 0.333 e. The fourth-order valence-corrected chi connectivity index (χ4v) is 3.10. The van der Waals surface area contributed by atoms with Gasteiger partial charge in [0.15, 0.2) is 29.1 Å². The van der Waals surface area contributed by atoms with Crippen molar-refractivity contribution in [3.63, 3.8) is 0 Å². The molecule has 0 spiro atoms. The van der Waals surface area contributed by atoms with Crippen LogP contribution in [0.5, 0.6) is 0 Å². The maximum atomic E-state index is 13.7. The van der Waals surface area contributed by atoms with Gasteiger partial charge in [0.05, 0.1) is 6.54 Å². The van der Waals surface area contributed by atoms with Gasteiger partial charge in [0, 0.05) is 31.1 Å². The lowest BCUT2D eigenvalue weighted by Gasteiger charge is -2.29. The molecule has 3 rings (SSSR count). The second kappa shape index (κ2) is 7.81. The van der Waals surface area contributed by atoms with E-state index in [1.54, 1.807) is 0 Å². The number of amides is 1. The molecular formula is C16H13F8N5O. The molecule has 14 heteroatoms. The minimum Gasteiger partial charge on any atom is -0.333 e. The third-order valence-corrected chi connectivity index (χ3v) is 4.56. The lowest BCUT2D eigenvalue weighted by Crippen LogP contribution is -2.42. The number of halogens is 8. The van der Waals surface area contributed by atoms with Crippen LogP contribution in [-0.2, 0) is 30.5 Å². The summed E-state index contributed by atoms with van der Waals surface area (Å²) in [6.45, 7) is -0.685. The molecule has 0 saturated heterocycles. The Hall–Kier alpha value is -2.77. The third-order valence-electron chi connectivity index (χ3n) is 4.56. The van der Waals surface area contributed by atoms with Gasteiger partial charge in [0.2, 0.25) is 17.5 Å². The lowest BCUT2D eigenvalue weighted by atomic mass is 10.0. The van der Waals surface area contributed by atoms with Gasteiger partial charge in [-0.25, -0.2) is 22.0 Å². The number of nitrogens with two attached hydrogens (primary N) is 1. The van der Waals surface area contributed by atoms with Crippen LogP contribution < -0.4 is 5.73 Å². The number of hydrogen-bond donors (Lipinski definition) is 1. The Morgan fingerprint density at radius 3 is 2.10 bits per heavy atom. The van der Waals surface area contributed by atoms with Crippen molar-refractivity contribution in [3.8, 4) is 0 Å². The van der Waals surface area contributed by atoms with Crippen molar-refractivity contribution in [3.05, 3.63) is 46.3 Å². The Kier molecular flexibility index (Phi) is 5.71. The second-order valence-electron chi connectivity index (χ2n) is 6.62. The molecule has 1 aliphatic heterocycles. The van der Waals surface area contributed by atoms with Gasteiger partial charge in [-0.2, -0.15) is 13.2 Å². The molecule has 2 N–H and O–H groups in total. The fourth-order valence-electron chi connectivity index (χ4n) is 3.10. The molecule has 6 nitrogen and oxygen atoms in total. The van der Waals surface area contributed by atoms with E-state index in [-0.39, 0.29) is 25.5 Å². The van der Waals surface area contributed by atoms with Crippen molar-refractivity contribution in [2.45, 2.75) is 38.1 Å². The molecular weight excluding hydrogens is 430 g/mol. The maximum Gasteiger partial charge on any atom is 0.451 e. The first-order chi connectivity index (χ1) is 13.9. The number of nitrogens with zero attached hydrogens (tertiary/aromatic N) is 4. The Morgan fingerprint density at radius 1 is 0.967 bits per heavy atom. The zero-order chi connectivity index (χ0) is 22.4. The molecule has 30 heavy (non-hydrogen) atoms. The van der Waals surface area contributed by atoms with Crippen LogP contribution in [-0.4, -0.2) is 38.2 Å². The van der Waals surface area contributed by atoms with Crippen molar-refractivity contribution >= 4 is 5.91 Å². The summed E-state index contributed by atoms with van der Waals surface area (Å²) < 4.78 is 106. The van der Waals surface area contributed by atoms with Gasteiger partial charge in [-0.1, -0.05) is 0 Å². The molecule has 1 aliphatic rings. The Morgan fingerprint density at radius 2 is 1.53 bits per heavy atom. The summed E-state index contributed by atoms with van der Waals surface area (Å²) in [5.41, 5.74) is 4.49. The fraction of sp³-hybridized carbons (Fsp3) is 0.438. The van der Waals surface area contributed by atoms with Crippen LogP contribution in [0.2, 0.25) is 0 Å². The number of benzene rings is 1. The molecule has 2 heterocycles. The van der Waals surface area contributed by atoms with Gasteiger partial charge in [0.25, 0.3) is 0 Å². The highest BCUT2D eigenvalue weighted by molar-refractivity contribution is 5.76. The first kappa shape index (κ1) is 21.9. The summed E-state index contributed by atoms with van der Waals surface area (Å²) in [5.74, 6) is -12.7. The monoisotopic (exact) mass is 443 g/mol. The zero-order valence-corrected chi connectivity index (χ0v) is 14.9. The average Bonchev–Trinajstić information content (AvgIpc) is 3.12. The minimum absolute atomic E-state index is 0.115. The molecule has 0 aliphatic carbocycles. The molecule has 1 aromatic heterocycles. The predicted molar refractivity (Wildman–Crippen MR) is 83.0 cm³/mol.